The average molecular weight is 417 g/mol. The van der Waals surface area contributed by atoms with E-state index in [-0.39, 0.29) is 6.03 Å². The highest BCUT2D eigenvalue weighted by molar-refractivity contribution is 7.13. The SMILES string of the molecule is CN(C)C(=O)NN1CCC(CCN2CCN(c3nsc4ccccc34)CC2)CC1. The van der Waals surface area contributed by atoms with Gasteiger partial charge in [-0.15, -0.1) is 0 Å². The molecule has 0 aliphatic carbocycles. The maximum absolute atomic E-state index is 11.8. The molecule has 158 valence electrons. The normalized spacial score (nSPS) is 19.6. The number of amides is 2. The van der Waals surface area contributed by atoms with Crippen LogP contribution in [0.1, 0.15) is 19.3 Å². The summed E-state index contributed by atoms with van der Waals surface area (Å²) in [5, 5.41) is 3.36. The number of hydrogen-bond acceptors (Lipinski definition) is 6. The summed E-state index contributed by atoms with van der Waals surface area (Å²) in [5.74, 6) is 1.93. The van der Waals surface area contributed by atoms with Crippen LogP contribution >= 0.6 is 11.5 Å². The molecule has 0 saturated carbocycles. The van der Waals surface area contributed by atoms with Crippen molar-refractivity contribution in [1.29, 1.82) is 0 Å². The minimum absolute atomic E-state index is 0.0331. The van der Waals surface area contributed by atoms with Crippen molar-refractivity contribution in [2.24, 2.45) is 5.92 Å². The number of fused-ring (bicyclic) bond motifs is 1. The molecule has 1 aromatic carbocycles. The van der Waals surface area contributed by atoms with Gasteiger partial charge in [-0.1, -0.05) is 12.1 Å². The van der Waals surface area contributed by atoms with Gasteiger partial charge in [-0.2, -0.15) is 4.37 Å². The second-order valence-corrected chi connectivity index (χ2v) is 9.17. The fraction of sp³-hybridized carbons (Fsp3) is 0.619. The lowest BCUT2D eigenvalue weighted by atomic mass is 9.94. The van der Waals surface area contributed by atoms with Crippen LogP contribution in [0.25, 0.3) is 10.1 Å². The fourth-order valence-electron chi connectivity index (χ4n) is 4.22. The molecule has 8 heteroatoms. The van der Waals surface area contributed by atoms with E-state index < -0.39 is 0 Å². The average Bonchev–Trinajstić information content (AvgIpc) is 3.18. The van der Waals surface area contributed by atoms with E-state index in [0.29, 0.717) is 0 Å². The third-order valence-electron chi connectivity index (χ3n) is 6.16. The maximum atomic E-state index is 11.8. The zero-order valence-corrected chi connectivity index (χ0v) is 18.3. The summed E-state index contributed by atoms with van der Waals surface area (Å²) in [4.78, 5) is 18.4. The molecule has 29 heavy (non-hydrogen) atoms. The van der Waals surface area contributed by atoms with Crippen molar-refractivity contribution in [3.63, 3.8) is 0 Å². The summed E-state index contributed by atoms with van der Waals surface area (Å²) in [6.07, 6.45) is 3.59. The summed E-state index contributed by atoms with van der Waals surface area (Å²) in [6.45, 7) is 7.43. The first kappa shape index (κ1) is 20.4. The molecule has 2 amide bonds. The Morgan fingerprint density at radius 2 is 1.86 bits per heavy atom. The molecule has 1 N–H and O–H groups in total. The van der Waals surface area contributed by atoms with Crippen molar-refractivity contribution < 1.29 is 4.79 Å². The second kappa shape index (κ2) is 9.28. The minimum Gasteiger partial charge on any atom is -0.353 e. The summed E-state index contributed by atoms with van der Waals surface area (Å²) < 4.78 is 5.99. The zero-order chi connectivity index (χ0) is 20.2. The second-order valence-electron chi connectivity index (χ2n) is 8.36. The van der Waals surface area contributed by atoms with Gasteiger partial charge in [0.05, 0.1) is 4.70 Å². The van der Waals surface area contributed by atoms with E-state index in [1.807, 2.05) is 0 Å². The molecule has 0 atom stereocenters. The predicted molar refractivity (Wildman–Crippen MR) is 119 cm³/mol. The monoisotopic (exact) mass is 416 g/mol. The van der Waals surface area contributed by atoms with Crippen LogP contribution in [0.2, 0.25) is 0 Å². The number of piperidine rings is 1. The van der Waals surface area contributed by atoms with E-state index in [0.717, 1.165) is 51.0 Å². The maximum Gasteiger partial charge on any atom is 0.331 e. The molecule has 2 fully saturated rings. The quantitative estimate of drug-likeness (QED) is 0.812. The fourth-order valence-corrected chi connectivity index (χ4v) is 5.01. The van der Waals surface area contributed by atoms with Gasteiger partial charge in [0.1, 0.15) is 5.82 Å². The molecule has 0 bridgehead atoms. The number of rotatable bonds is 5. The molecule has 2 aromatic rings. The Balaban J connectivity index is 1.18. The molecular weight excluding hydrogens is 384 g/mol. The van der Waals surface area contributed by atoms with E-state index in [1.165, 1.54) is 35.9 Å². The predicted octanol–water partition coefficient (Wildman–Crippen LogP) is 2.71. The van der Waals surface area contributed by atoms with Crippen molar-refractivity contribution >= 4 is 33.5 Å². The van der Waals surface area contributed by atoms with E-state index >= 15 is 0 Å². The Bertz CT molecular complexity index is 808. The number of hydrazine groups is 1. The van der Waals surface area contributed by atoms with Gasteiger partial charge in [-0.3, -0.25) is 10.3 Å². The molecule has 2 aliphatic heterocycles. The molecule has 0 radical (unpaired) electrons. The third-order valence-corrected chi connectivity index (χ3v) is 6.98. The van der Waals surface area contributed by atoms with Gasteiger partial charge in [-0.05, 0) is 55.4 Å². The first-order valence-corrected chi connectivity index (χ1v) is 11.4. The van der Waals surface area contributed by atoms with Crippen LogP contribution in [0.4, 0.5) is 10.6 Å². The molecule has 4 rings (SSSR count). The van der Waals surface area contributed by atoms with Crippen molar-refractivity contribution in [2.45, 2.75) is 19.3 Å². The van der Waals surface area contributed by atoms with Crippen LogP contribution in [0.5, 0.6) is 0 Å². The van der Waals surface area contributed by atoms with Crippen molar-refractivity contribution in [1.82, 2.24) is 24.6 Å². The van der Waals surface area contributed by atoms with Crippen molar-refractivity contribution in [2.75, 3.05) is 64.8 Å². The molecule has 7 nitrogen and oxygen atoms in total. The van der Waals surface area contributed by atoms with Gasteiger partial charge in [0, 0.05) is 58.8 Å². The molecule has 2 aliphatic rings. The van der Waals surface area contributed by atoms with Crippen LogP contribution < -0.4 is 10.3 Å². The molecule has 3 heterocycles. The summed E-state index contributed by atoms with van der Waals surface area (Å²) >= 11 is 1.60. The number of nitrogens with one attached hydrogen (secondary N) is 1. The lowest BCUT2D eigenvalue weighted by Crippen LogP contribution is -2.50. The van der Waals surface area contributed by atoms with E-state index in [1.54, 1.807) is 30.5 Å². The number of carbonyl (C=O) groups excluding carboxylic acids is 1. The van der Waals surface area contributed by atoms with Crippen LogP contribution in [0.3, 0.4) is 0 Å². The third kappa shape index (κ3) is 4.99. The highest BCUT2D eigenvalue weighted by Crippen LogP contribution is 2.30. The van der Waals surface area contributed by atoms with Gasteiger partial charge in [0.2, 0.25) is 0 Å². The summed E-state index contributed by atoms with van der Waals surface area (Å²) in [6, 6.07) is 8.50. The Kier molecular flexibility index (Phi) is 6.52. The van der Waals surface area contributed by atoms with Gasteiger partial charge >= 0.3 is 6.03 Å². The van der Waals surface area contributed by atoms with E-state index in [9.17, 15) is 4.79 Å². The number of nitrogens with zero attached hydrogens (tertiary/aromatic N) is 5. The van der Waals surface area contributed by atoms with Gasteiger partial charge in [-0.25, -0.2) is 9.80 Å². The Morgan fingerprint density at radius 1 is 1.14 bits per heavy atom. The van der Waals surface area contributed by atoms with Crippen LogP contribution in [-0.4, -0.2) is 85.1 Å². The number of benzene rings is 1. The number of piperazine rings is 1. The van der Waals surface area contributed by atoms with E-state index in [2.05, 4.69) is 44.5 Å². The lowest BCUT2D eigenvalue weighted by Gasteiger charge is -2.37. The first-order valence-electron chi connectivity index (χ1n) is 10.6. The number of carbonyl (C=O) groups is 1. The molecular formula is C21H32N6OS. The topological polar surface area (TPSA) is 55.0 Å². The minimum atomic E-state index is -0.0331. The lowest BCUT2D eigenvalue weighted by molar-refractivity contribution is 0.112. The summed E-state index contributed by atoms with van der Waals surface area (Å²) in [7, 11) is 3.55. The van der Waals surface area contributed by atoms with Crippen molar-refractivity contribution in [3.8, 4) is 0 Å². The molecule has 0 unspecified atom stereocenters. The number of urea groups is 1. The Labute approximate surface area is 177 Å². The molecule has 0 spiro atoms. The molecule has 1 aromatic heterocycles. The standard InChI is InChI=1S/C21H32N6OS/c1-24(2)21(28)22-27-11-8-17(9-12-27)7-10-25-13-15-26(16-14-25)20-18-5-3-4-6-19(18)29-23-20/h3-6,17H,7-16H2,1-2H3,(H,22,28). The number of anilines is 1. The summed E-state index contributed by atoms with van der Waals surface area (Å²) in [5.41, 5.74) is 2.97. The smallest absolute Gasteiger partial charge is 0.331 e. The number of aromatic nitrogens is 1. The van der Waals surface area contributed by atoms with Crippen LogP contribution in [0, 0.1) is 5.92 Å². The van der Waals surface area contributed by atoms with Gasteiger partial charge < -0.3 is 9.80 Å². The van der Waals surface area contributed by atoms with Crippen LogP contribution in [0.15, 0.2) is 24.3 Å². The molecule has 2 saturated heterocycles. The number of hydrogen-bond donors (Lipinski definition) is 1. The van der Waals surface area contributed by atoms with Gasteiger partial charge in [0.15, 0.2) is 0 Å². The van der Waals surface area contributed by atoms with Crippen molar-refractivity contribution in [3.05, 3.63) is 24.3 Å². The largest absolute Gasteiger partial charge is 0.353 e. The highest BCUT2D eigenvalue weighted by Gasteiger charge is 2.24. The highest BCUT2D eigenvalue weighted by atomic mass is 32.1. The Morgan fingerprint density at radius 3 is 2.59 bits per heavy atom. The first-order chi connectivity index (χ1) is 14.1. The van der Waals surface area contributed by atoms with E-state index in [4.69, 9.17) is 4.37 Å². The van der Waals surface area contributed by atoms with Crippen LogP contribution in [-0.2, 0) is 0 Å². The zero-order valence-electron chi connectivity index (χ0n) is 17.5. The van der Waals surface area contributed by atoms with Gasteiger partial charge in [0.25, 0.3) is 0 Å². The Hall–Kier alpha value is -1.90.